The van der Waals surface area contributed by atoms with Crippen LogP contribution < -0.4 is 5.73 Å². The number of rotatable bonds is 5. The Morgan fingerprint density at radius 1 is 1.65 bits per heavy atom. The van der Waals surface area contributed by atoms with Crippen LogP contribution in [0.1, 0.15) is 18.4 Å². The number of likely N-dealkylation sites (N-methyl/N-ethyl adjacent to an activating group) is 1. The normalized spacial score (nSPS) is 28.4. The Kier molecular flexibility index (Phi) is 3.51. The summed E-state index contributed by atoms with van der Waals surface area (Å²) >= 11 is 0. The first-order chi connectivity index (χ1) is 8.09. The lowest BCUT2D eigenvalue weighted by Gasteiger charge is -2.52. The maximum Gasteiger partial charge on any atom is 0.0607 e. The molecule has 1 aliphatic rings. The lowest BCUT2D eigenvalue weighted by Crippen LogP contribution is -2.62. The third-order valence-corrected chi connectivity index (χ3v) is 3.92. The standard InChI is InChI=1S/C12H22N4O/c1-15(7-10-6-14-16(2)8-10)12(9-13)4-11(5-12)17-3/h6,8,11H,4-5,7,9,13H2,1-3H3. The summed E-state index contributed by atoms with van der Waals surface area (Å²) in [5.41, 5.74) is 7.26. The molecule has 0 unspecified atom stereocenters. The van der Waals surface area contributed by atoms with Crippen LogP contribution >= 0.6 is 0 Å². The Balaban J connectivity index is 1.97. The minimum atomic E-state index is 0.108. The second-order valence-corrected chi connectivity index (χ2v) is 5.07. The quantitative estimate of drug-likeness (QED) is 0.804. The van der Waals surface area contributed by atoms with Crippen LogP contribution in [-0.4, -0.2) is 47.0 Å². The first kappa shape index (κ1) is 12.5. The molecule has 2 N–H and O–H groups in total. The molecule has 1 heterocycles. The molecule has 0 spiro atoms. The van der Waals surface area contributed by atoms with Gasteiger partial charge in [-0.1, -0.05) is 0 Å². The van der Waals surface area contributed by atoms with E-state index in [2.05, 4.69) is 17.0 Å². The van der Waals surface area contributed by atoms with E-state index in [-0.39, 0.29) is 5.54 Å². The molecule has 5 heteroatoms. The molecule has 0 aliphatic heterocycles. The van der Waals surface area contributed by atoms with Crippen molar-refractivity contribution in [2.24, 2.45) is 12.8 Å². The fourth-order valence-corrected chi connectivity index (χ4v) is 2.58. The molecular formula is C12H22N4O. The molecule has 1 saturated carbocycles. The summed E-state index contributed by atoms with van der Waals surface area (Å²) in [6.07, 6.45) is 6.38. The van der Waals surface area contributed by atoms with Crippen molar-refractivity contribution >= 4 is 0 Å². The minimum absolute atomic E-state index is 0.108. The zero-order valence-corrected chi connectivity index (χ0v) is 10.9. The van der Waals surface area contributed by atoms with Crippen LogP contribution in [-0.2, 0) is 18.3 Å². The van der Waals surface area contributed by atoms with Crippen molar-refractivity contribution in [3.05, 3.63) is 18.0 Å². The van der Waals surface area contributed by atoms with E-state index in [0.717, 1.165) is 19.4 Å². The molecule has 0 aromatic carbocycles. The van der Waals surface area contributed by atoms with E-state index in [1.807, 2.05) is 24.1 Å². The predicted octanol–water partition coefficient (Wildman–Crippen LogP) is 0.358. The Labute approximate surface area is 103 Å². The minimum Gasteiger partial charge on any atom is -0.381 e. The molecule has 96 valence electrons. The second-order valence-electron chi connectivity index (χ2n) is 5.07. The average molecular weight is 238 g/mol. The van der Waals surface area contributed by atoms with Gasteiger partial charge in [-0.3, -0.25) is 9.58 Å². The summed E-state index contributed by atoms with van der Waals surface area (Å²) in [5.74, 6) is 0. The topological polar surface area (TPSA) is 56.3 Å². The van der Waals surface area contributed by atoms with Crippen LogP contribution in [0.15, 0.2) is 12.4 Å². The molecule has 1 aromatic heterocycles. The van der Waals surface area contributed by atoms with Crippen molar-refractivity contribution in [3.63, 3.8) is 0 Å². The van der Waals surface area contributed by atoms with Gasteiger partial charge < -0.3 is 10.5 Å². The number of ether oxygens (including phenoxy) is 1. The third-order valence-electron chi connectivity index (χ3n) is 3.92. The van der Waals surface area contributed by atoms with Crippen molar-refractivity contribution in [2.45, 2.75) is 31.0 Å². The largest absolute Gasteiger partial charge is 0.381 e. The van der Waals surface area contributed by atoms with Gasteiger partial charge in [-0.2, -0.15) is 5.10 Å². The zero-order valence-electron chi connectivity index (χ0n) is 10.9. The van der Waals surface area contributed by atoms with E-state index < -0.39 is 0 Å². The van der Waals surface area contributed by atoms with E-state index in [0.29, 0.717) is 12.6 Å². The monoisotopic (exact) mass is 238 g/mol. The maximum atomic E-state index is 5.93. The number of methoxy groups -OCH3 is 1. The molecule has 0 atom stereocenters. The van der Waals surface area contributed by atoms with Crippen molar-refractivity contribution in [2.75, 3.05) is 20.7 Å². The third kappa shape index (κ3) is 2.36. The zero-order chi connectivity index (χ0) is 12.5. The number of nitrogens with zero attached hydrogens (tertiary/aromatic N) is 3. The fraction of sp³-hybridized carbons (Fsp3) is 0.750. The highest BCUT2D eigenvalue weighted by Gasteiger charge is 2.46. The number of hydrogen-bond acceptors (Lipinski definition) is 4. The maximum absolute atomic E-state index is 5.93. The molecular weight excluding hydrogens is 216 g/mol. The van der Waals surface area contributed by atoms with Gasteiger partial charge in [0.2, 0.25) is 0 Å². The average Bonchev–Trinajstić information content (AvgIpc) is 2.64. The molecule has 1 aromatic rings. The van der Waals surface area contributed by atoms with Crippen molar-refractivity contribution in [1.82, 2.24) is 14.7 Å². The summed E-state index contributed by atoms with van der Waals surface area (Å²) in [4.78, 5) is 2.33. The lowest BCUT2D eigenvalue weighted by atomic mass is 9.73. The summed E-state index contributed by atoms with van der Waals surface area (Å²) in [5, 5.41) is 4.19. The summed E-state index contributed by atoms with van der Waals surface area (Å²) in [6, 6.07) is 0. The summed E-state index contributed by atoms with van der Waals surface area (Å²) < 4.78 is 7.18. The Morgan fingerprint density at radius 2 is 2.35 bits per heavy atom. The molecule has 17 heavy (non-hydrogen) atoms. The van der Waals surface area contributed by atoms with Crippen molar-refractivity contribution in [3.8, 4) is 0 Å². The van der Waals surface area contributed by atoms with Crippen LogP contribution in [0, 0.1) is 0 Å². The first-order valence-corrected chi connectivity index (χ1v) is 6.01. The van der Waals surface area contributed by atoms with Gasteiger partial charge in [-0.05, 0) is 19.9 Å². The Hall–Kier alpha value is -0.910. The predicted molar refractivity (Wildman–Crippen MR) is 66.5 cm³/mol. The van der Waals surface area contributed by atoms with Gasteiger partial charge in [0, 0.05) is 44.5 Å². The van der Waals surface area contributed by atoms with Gasteiger partial charge in [0.25, 0.3) is 0 Å². The van der Waals surface area contributed by atoms with Gasteiger partial charge in [0.05, 0.1) is 12.3 Å². The van der Waals surface area contributed by atoms with E-state index in [1.54, 1.807) is 7.11 Å². The number of aromatic nitrogens is 2. The van der Waals surface area contributed by atoms with Crippen LogP contribution in [0.25, 0.3) is 0 Å². The molecule has 0 saturated heterocycles. The van der Waals surface area contributed by atoms with E-state index in [4.69, 9.17) is 10.5 Å². The van der Waals surface area contributed by atoms with Crippen LogP contribution in [0.3, 0.4) is 0 Å². The van der Waals surface area contributed by atoms with Crippen LogP contribution in [0.5, 0.6) is 0 Å². The smallest absolute Gasteiger partial charge is 0.0607 e. The van der Waals surface area contributed by atoms with E-state index in [9.17, 15) is 0 Å². The van der Waals surface area contributed by atoms with Crippen LogP contribution in [0.2, 0.25) is 0 Å². The molecule has 1 aliphatic carbocycles. The molecule has 0 bridgehead atoms. The molecule has 0 amide bonds. The van der Waals surface area contributed by atoms with Crippen LogP contribution in [0.4, 0.5) is 0 Å². The highest BCUT2D eigenvalue weighted by atomic mass is 16.5. The highest BCUT2D eigenvalue weighted by Crippen LogP contribution is 2.38. The van der Waals surface area contributed by atoms with Crippen molar-refractivity contribution in [1.29, 1.82) is 0 Å². The second kappa shape index (κ2) is 4.76. The van der Waals surface area contributed by atoms with Gasteiger partial charge >= 0.3 is 0 Å². The lowest BCUT2D eigenvalue weighted by molar-refractivity contribution is -0.0811. The van der Waals surface area contributed by atoms with Gasteiger partial charge in [-0.15, -0.1) is 0 Å². The highest BCUT2D eigenvalue weighted by molar-refractivity contribution is 5.09. The number of hydrogen-bond donors (Lipinski definition) is 1. The summed E-state index contributed by atoms with van der Waals surface area (Å²) in [6.45, 7) is 1.57. The molecule has 0 radical (unpaired) electrons. The number of nitrogens with two attached hydrogens (primary N) is 1. The number of aryl methyl sites for hydroxylation is 1. The molecule has 2 rings (SSSR count). The Bertz CT molecular complexity index is 370. The van der Waals surface area contributed by atoms with Gasteiger partial charge in [-0.25, -0.2) is 0 Å². The summed E-state index contributed by atoms with van der Waals surface area (Å²) in [7, 11) is 5.84. The van der Waals surface area contributed by atoms with E-state index in [1.165, 1.54) is 5.56 Å². The van der Waals surface area contributed by atoms with Gasteiger partial charge in [0.1, 0.15) is 0 Å². The van der Waals surface area contributed by atoms with E-state index >= 15 is 0 Å². The SMILES string of the molecule is COC1CC(CN)(N(C)Cc2cnn(C)c2)C1. The van der Waals surface area contributed by atoms with Gasteiger partial charge in [0.15, 0.2) is 0 Å². The molecule has 1 fully saturated rings. The molecule has 5 nitrogen and oxygen atoms in total. The van der Waals surface area contributed by atoms with Crippen molar-refractivity contribution < 1.29 is 4.74 Å². The fourth-order valence-electron chi connectivity index (χ4n) is 2.58. The first-order valence-electron chi connectivity index (χ1n) is 6.01. The Morgan fingerprint density at radius 3 is 2.82 bits per heavy atom.